The normalized spacial score (nSPS) is 13.1. The van der Waals surface area contributed by atoms with Crippen molar-refractivity contribution in [3.05, 3.63) is 54.4 Å². The second-order valence-corrected chi connectivity index (χ2v) is 9.36. The van der Waals surface area contributed by atoms with Gasteiger partial charge < -0.3 is 14.8 Å². The zero-order valence-corrected chi connectivity index (χ0v) is 19.1. The SMILES string of the molecule is CCn1cc(S(=O)(=O)Nc2ccc3[nH]nc(NC(=O)Cc4ccc5c(c4)OCCO5)c3c2)cn1. The van der Waals surface area contributed by atoms with Crippen LogP contribution in [-0.4, -0.2) is 47.5 Å². The van der Waals surface area contributed by atoms with Crippen LogP contribution in [0.1, 0.15) is 12.5 Å². The molecule has 2 aromatic carbocycles. The van der Waals surface area contributed by atoms with Gasteiger partial charge in [0.2, 0.25) is 5.91 Å². The number of nitrogens with one attached hydrogen (secondary N) is 3. The highest BCUT2D eigenvalue weighted by Gasteiger charge is 2.18. The molecule has 1 amide bonds. The van der Waals surface area contributed by atoms with Crippen molar-refractivity contribution in [3.8, 4) is 11.5 Å². The predicted octanol–water partition coefficient (Wildman–Crippen LogP) is 2.53. The molecule has 11 nitrogen and oxygen atoms in total. The lowest BCUT2D eigenvalue weighted by atomic mass is 10.1. The van der Waals surface area contributed by atoms with Crippen molar-refractivity contribution in [2.24, 2.45) is 0 Å². The summed E-state index contributed by atoms with van der Waals surface area (Å²) >= 11 is 0. The Kier molecular flexibility index (Phi) is 5.57. The largest absolute Gasteiger partial charge is 0.486 e. The Morgan fingerprint density at radius 1 is 1.15 bits per heavy atom. The Labute approximate surface area is 195 Å². The van der Waals surface area contributed by atoms with Gasteiger partial charge in [0.05, 0.1) is 18.1 Å². The quantitative estimate of drug-likeness (QED) is 0.368. The van der Waals surface area contributed by atoms with E-state index in [4.69, 9.17) is 9.47 Å². The molecule has 0 aliphatic carbocycles. The van der Waals surface area contributed by atoms with E-state index in [-0.39, 0.29) is 17.2 Å². The van der Waals surface area contributed by atoms with Gasteiger partial charge in [0, 0.05) is 23.8 Å². The molecule has 12 heteroatoms. The maximum atomic E-state index is 12.7. The van der Waals surface area contributed by atoms with Crippen LogP contribution in [0.15, 0.2) is 53.7 Å². The first-order valence-corrected chi connectivity index (χ1v) is 12.1. The number of sulfonamides is 1. The fraction of sp³-hybridized carbons (Fsp3) is 0.227. The van der Waals surface area contributed by atoms with E-state index in [1.54, 1.807) is 30.3 Å². The topological polar surface area (TPSA) is 140 Å². The van der Waals surface area contributed by atoms with Gasteiger partial charge in [-0.15, -0.1) is 0 Å². The van der Waals surface area contributed by atoms with E-state index in [1.165, 1.54) is 17.1 Å². The van der Waals surface area contributed by atoms with Gasteiger partial charge in [-0.2, -0.15) is 10.2 Å². The molecule has 3 heterocycles. The zero-order chi connectivity index (χ0) is 23.7. The first-order valence-electron chi connectivity index (χ1n) is 10.6. The number of anilines is 2. The minimum atomic E-state index is -3.81. The van der Waals surface area contributed by atoms with Gasteiger partial charge in [-0.1, -0.05) is 6.07 Å². The summed E-state index contributed by atoms with van der Waals surface area (Å²) < 4.78 is 40.5. The number of amides is 1. The second-order valence-electron chi connectivity index (χ2n) is 7.67. The van der Waals surface area contributed by atoms with Crippen LogP contribution >= 0.6 is 0 Å². The predicted molar refractivity (Wildman–Crippen MR) is 125 cm³/mol. The van der Waals surface area contributed by atoms with Crippen molar-refractivity contribution in [1.82, 2.24) is 20.0 Å². The van der Waals surface area contributed by atoms with Crippen LogP contribution in [-0.2, 0) is 27.8 Å². The number of hydrogen-bond acceptors (Lipinski definition) is 7. The number of aromatic amines is 1. The molecular formula is C22H22N6O5S. The van der Waals surface area contributed by atoms with Gasteiger partial charge in [0.15, 0.2) is 17.3 Å². The lowest BCUT2D eigenvalue weighted by Crippen LogP contribution is -2.17. The molecule has 0 unspecified atom stereocenters. The third-order valence-electron chi connectivity index (χ3n) is 5.29. The van der Waals surface area contributed by atoms with Crippen molar-refractivity contribution in [2.45, 2.75) is 24.8 Å². The summed E-state index contributed by atoms with van der Waals surface area (Å²) in [4.78, 5) is 12.7. The number of H-pyrrole nitrogens is 1. The summed E-state index contributed by atoms with van der Waals surface area (Å²) in [5.41, 5.74) is 1.75. The van der Waals surface area contributed by atoms with Crippen LogP contribution in [0.25, 0.3) is 10.9 Å². The third kappa shape index (κ3) is 4.39. The number of carbonyl (C=O) groups excluding carboxylic acids is 1. The first kappa shape index (κ1) is 21.8. The fourth-order valence-corrected chi connectivity index (χ4v) is 4.60. The Bertz CT molecular complexity index is 1480. The minimum Gasteiger partial charge on any atom is -0.486 e. The Balaban J connectivity index is 1.32. The van der Waals surface area contributed by atoms with Gasteiger partial charge in [-0.05, 0) is 42.8 Å². The molecule has 0 radical (unpaired) electrons. The third-order valence-corrected chi connectivity index (χ3v) is 6.62. The van der Waals surface area contributed by atoms with Crippen LogP contribution in [0, 0.1) is 0 Å². The average Bonchev–Trinajstić information content (AvgIpc) is 3.47. The van der Waals surface area contributed by atoms with Gasteiger partial charge in [0.1, 0.15) is 18.1 Å². The summed E-state index contributed by atoms with van der Waals surface area (Å²) in [6, 6.07) is 10.3. The number of rotatable bonds is 7. The Morgan fingerprint density at radius 2 is 1.97 bits per heavy atom. The molecule has 4 aromatic rings. The number of carbonyl (C=O) groups is 1. The molecule has 0 spiro atoms. The van der Waals surface area contributed by atoms with Crippen LogP contribution in [0.3, 0.4) is 0 Å². The highest BCUT2D eigenvalue weighted by molar-refractivity contribution is 7.92. The summed E-state index contributed by atoms with van der Waals surface area (Å²) in [5, 5.41) is 14.4. The lowest BCUT2D eigenvalue weighted by molar-refractivity contribution is -0.115. The van der Waals surface area contributed by atoms with Crippen LogP contribution in [0.2, 0.25) is 0 Å². The first-order chi connectivity index (χ1) is 16.4. The molecule has 34 heavy (non-hydrogen) atoms. The van der Waals surface area contributed by atoms with Gasteiger partial charge >= 0.3 is 0 Å². The van der Waals surface area contributed by atoms with Crippen molar-refractivity contribution < 1.29 is 22.7 Å². The number of fused-ring (bicyclic) bond motifs is 2. The Morgan fingerprint density at radius 3 is 2.76 bits per heavy atom. The van der Waals surface area contributed by atoms with E-state index in [2.05, 4.69) is 25.3 Å². The Hall–Kier alpha value is -4.06. The molecule has 176 valence electrons. The van der Waals surface area contributed by atoms with E-state index in [0.717, 1.165) is 5.56 Å². The molecule has 0 saturated heterocycles. The number of benzene rings is 2. The van der Waals surface area contributed by atoms with E-state index >= 15 is 0 Å². The molecule has 0 saturated carbocycles. The lowest BCUT2D eigenvalue weighted by Gasteiger charge is -2.18. The standard InChI is InChI=1S/C22H22N6O5S/c1-2-28-13-16(12-23-28)34(30,31)27-15-4-5-18-17(11-15)22(26-25-18)24-21(29)10-14-3-6-19-20(9-14)33-8-7-32-19/h3-6,9,11-13,27H,2,7-8,10H2,1H3,(H2,24,25,26,29). The highest BCUT2D eigenvalue weighted by Crippen LogP contribution is 2.31. The van der Waals surface area contributed by atoms with Gasteiger partial charge in [-0.25, -0.2) is 8.42 Å². The van der Waals surface area contributed by atoms with Gasteiger partial charge in [0.25, 0.3) is 10.0 Å². The van der Waals surface area contributed by atoms with E-state index in [9.17, 15) is 13.2 Å². The van der Waals surface area contributed by atoms with Crippen LogP contribution in [0.5, 0.6) is 11.5 Å². The van der Waals surface area contributed by atoms with E-state index in [1.807, 2.05) is 13.0 Å². The highest BCUT2D eigenvalue weighted by atomic mass is 32.2. The van der Waals surface area contributed by atoms with E-state index in [0.29, 0.717) is 53.7 Å². The van der Waals surface area contributed by atoms with Crippen molar-refractivity contribution in [1.29, 1.82) is 0 Å². The molecular weight excluding hydrogens is 460 g/mol. The molecule has 0 bridgehead atoms. The monoisotopic (exact) mass is 482 g/mol. The maximum Gasteiger partial charge on any atom is 0.265 e. The van der Waals surface area contributed by atoms with Crippen LogP contribution in [0.4, 0.5) is 11.5 Å². The molecule has 0 fully saturated rings. The minimum absolute atomic E-state index is 0.0644. The van der Waals surface area contributed by atoms with Crippen molar-refractivity contribution in [2.75, 3.05) is 23.3 Å². The summed E-state index contributed by atoms with van der Waals surface area (Å²) in [6.45, 7) is 3.40. The van der Waals surface area contributed by atoms with Crippen molar-refractivity contribution in [3.63, 3.8) is 0 Å². The smallest absolute Gasteiger partial charge is 0.265 e. The molecule has 1 aliphatic heterocycles. The number of aryl methyl sites for hydroxylation is 1. The number of hydrogen-bond donors (Lipinski definition) is 3. The molecule has 1 aliphatic rings. The molecule has 2 aromatic heterocycles. The molecule has 3 N–H and O–H groups in total. The summed E-state index contributed by atoms with van der Waals surface area (Å²) in [7, 11) is -3.81. The summed E-state index contributed by atoms with van der Waals surface area (Å²) in [6.07, 6.45) is 2.87. The summed E-state index contributed by atoms with van der Waals surface area (Å²) in [5.74, 6) is 1.30. The molecule has 0 atom stereocenters. The molecule has 5 rings (SSSR count). The average molecular weight is 483 g/mol. The van der Waals surface area contributed by atoms with Crippen molar-refractivity contribution >= 4 is 38.3 Å². The second kappa shape index (κ2) is 8.71. The number of ether oxygens (including phenoxy) is 2. The maximum absolute atomic E-state index is 12.7. The fourth-order valence-electron chi connectivity index (χ4n) is 3.60. The van der Waals surface area contributed by atoms with E-state index < -0.39 is 10.0 Å². The zero-order valence-electron chi connectivity index (χ0n) is 18.2. The number of aromatic nitrogens is 4. The van der Waals surface area contributed by atoms with Gasteiger partial charge in [-0.3, -0.25) is 19.3 Å². The van der Waals surface area contributed by atoms with Crippen LogP contribution < -0.4 is 19.5 Å². The number of nitrogens with zero attached hydrogens (tertiary/aromatic N) is 3.